The molecule has 0 spiro atoms. The molecule has 2 fully saturated rings. The molecule has 3 rings (SSSR count). The molecule has 3 nitrogen and oxygen atoms in total. The van der Waals surface area contributed by atoms with E-state index in [1.165, 1.54) is 50.6 Å². The normalized spacial score (nSPS) is 20.9. The van der Waals surface area contributed by atoms with Crippen LogP contribution in [0.25, 0.3) is 0 Å². The summed E-state index contributed by atoms with van der Waals surface area (Å²) >= 11 is 0. The lowest BCUT2D eigenvalue weighted by Gasteiger charge is -2.21. The third-order valence-corrected chi connectivity index (χ3v) is 4.09. The Morgan fingerprint density at radius 1 is 1.06 bits per heavy atom. The first-order valence-electron chi connectivity index (χ1n) is 7.49. The molecular weight excluding hydrogens is 222 g/mol. The van der Waals surface area contributed by atoms with E-state index in [4.69, 9.17) is 9.97 Å². The van der Waals surface area contributed by atoms with Gasteiger partial charge in [0.05, 0.1) is 0 Å². The first-order chi connectivity index (χ1) is 8.86. The number of hydrogen-bond acceptors (Lipinski definition) is 3. The summed E-state index contributed by atoms with van der Waals surface area (Å²) in [4.78, 5) is 9.58. The molecule has 0 aromatic carbocycles. The van der Waals surface area contributed by atoms with Gasteiger partial charge in [0.25, 0.3) is 0 Å². The van der Waals surface area contributed by atoms with Gasteiger partial charge in [0.2, 0.25) is 0 Å². The van der Waals surface area contributed by atoms with Crippen LogP contribution >= 0.6 is 0 Å². The summed E-state index contributed by atoms with van der Waals surface area (Å²) in [6.45, 7) is 3.06. The summed E-state index contributed by atoms with van der Waals surface area (Å²) in [5, 5.41) is 3.36. The second-order valence-electron chi connectivity index (χ2n) is 5.68. The van der Waals surface area contributed by atoms with Gasteiger partial charge >= 0.3 is 0 Å². The van der Waals surface area contributed by atoms with Crippen LogP contribution in [0.1, 0.15) is 75.2 Å². The third-order valence-electron chi connectivity index (χ3n) is 4.09. The highest BCUT2D eigenvalue weighted by Gasteiger charge is 2.27. The molecule has 1 N–H and O–H groups in total. The number of anilines is 1. The molecule has 1 aromatic rings. The second kappa shape index (κ2) is 5.25. The van der Waals surface area contributed by atoms with E-state index in [0.717, 1.165) is 18.2 Å². The average Bonchev–Trinajstić information content (AvgIpc) is 3.24. The minimum Gasteiger partial charge on any atom is -0.370 e. The van der Waals surface area contributed by atoms with Crippen molar-refractivity contribution in [3.8, 4) is 0 Å². The molecule has 2 aliphatic rings. The van der Waals surface area contributed by atoms with Gasteiger partial charge in [-0.15, -0.1) is 0 Å². The zero-order valence-electron chi connectivity index (χ0n) is 11.3. The van der Waals surface area contributed by atoms with Gasteiger partial charge in [-0.05, 0) is 32.6 Å². The number of rotatable bonds is 4. The summed E-state index contributed by atoms with van der Waals surface area (Å²) in [6.07, 6.45) is 9.26. The van der Waals surface area contributed by atoms with Crippen LogP contribution in [0.4, 0.5) is 5.82 Å². The molecule has 1 aromatic heterocycles. The maximum atomic E-state index is 4.85. The fraction of sp³-hybridized carbons (Fsp3) is 0.733. The highest BCUT2D eigenvalue weighted by atomic mass is 15.0. The fourth-order valence-corrected chi connectivity index (χ4v) is 2.89. The Kier molecular flexibility index (Phi) is 3.48. The van der Waals surface area contributed by atoms with Crippen molar-refractivity contribution in [2.45, 2.75) is 63.7 Å². The molecule has 1 heterocycles. The average molecular weight is 245 g/mol. The number of aromatic nitrogens is 2. The zero-order valence-corrected chi connectivity index (χ0v) is 11.3. The van der Waals surface area contributed by atoms with E-state index in [1.54, 1.807) is 0 Å². The van der Waals surface area contributed by atoms with Crippen molar-refractivity contribution in [3.05, 3.63) is 17.6 Å². The molecule has 2 aliphatic carbocycles. The standard InChI is InChI=1S/C15H23N3/c1-2-16-14-10-13(11-8-9-11)17-15(18-14)12-6-4-3-5-7-12/h10-12H,2-9H2,1H3,(H,16,17,18). The lowest BCUT2D eigenvalue weighted by molar-refractivity contribution is 0.428. The Morgan fingerprint density at radius 2 is 1.83 bits per heavy atom. The van der Waals surface area contributed by atoms with Crippen LogP contribution in [-0.4, -0.2) is 16.5 Å². The Morgan fingerprint density at radius 3 is 2.50 bits per heavy atom. The van der Waals surface area contributed by atoms with Gasteiger partial charge < -0.3 is 5.32 Å². The largest absolute Gasteiger partial charge is 0.370 e. The molecule has 0 radical (unpaired) electrons. The molecule has 18 heavy (non-hydrogen) atoms. The van der Waals surface area contributed by atoms with Crippen LogP contribution in [0, 0.1) is 0 Å². The summed E-state index contributed by atoms with van der Waals surface area (Å²) in [7, 11) is 0. The first kappa shape index (κ1) is 11.9. The summed E-state index contributed by atoms with van der Waals surface area (Å²) < 4.78 is 0. The van der Waals surface area contributed by atoms with Gasteiger partial charge in [0, 0.05) is 30.1 Å². The highest BCUT2D eigenvalue weighted by Crippen LogP contribution is 2.40. The molecule has 0 aliphatic heterocycles. The SMILES string of the molecule is CCNc1cc(C2CC2)nc(C2CCCCC2)n1. The first-order valence-corrected chi connectivity index (χ1v) is 7.49. The zero-order chi connectivity index (χ0) is 12.4. The third kappa shape index (κ3) is 2.65. The van der Waals surface area contributed by atoms with Crippen LogP contribution in [0.5, 0.6) is 0 Å². The Bertz CT molecular complexity index is 406. The van der Waals surface area contributed by atoms with E-state index >= 15 is 0 Å². The molecule has 3 heteroatoms. The van der Waals surface area contributed by atoms with Gasteiger partial charge in [0.1, 0.15) is 11.6 Å². The van der Waals surface area contributed by atoms with Crippen molar-refractivity contribution in [1.82, 2.24) is 9.97 Å². The topological polar surface area (TPSA) is 37.8 Å². The van der Waals surface area contributed by atoms with Crippen LogP contribution < -0.4 is 5.32 Å². The number of nitrogens with one attached hydrogen (secondary N) is 1. The van der Waals surface area contributed by atoms with Crippen LogP contribution in [0.2, 0.25) is 0 Å². The van der Waals surface area contributed by atoms with Crippen LogP contribution in [0.3, 0.4) is 0 Å². The molecule has 0 amide bonds. The predicted molar refractivity (Wildman–Crippen MR) is 74.0 cm³/mol. The molecule has 98 valence electrons. The maximum Gasteiger partial charge on any atom is 0.134 e. The molecule has 0 atom stereocenters. The quantitative estimate of drug-likeness (QED) is 0.876. The van der Waals surface area contributed by atoms with Gasteiger partial charge in [0.15, 0.2) is 0 Å². The number of hydrogen-bond donors (Lipinski definition) is 1. The van der Waals surface area contributed by atoms with E-state index in [9.17, 15) is 0 Å². The minimum atomic E-state index is 0.606. The van der Waals surface area contributed by atoms with Crippen molar-refractivity contribution >= 4 is 5.82 Å². The fourth-order valence-electron chi connectivity index (χ4n) is 2.89. The van der Waals surface area contributed by atoms with Crippen molar-refractivity contribution in [3.63, 3.8) is 0 Å². The van der Waals surface area contributed by atoms with Gasteiger partial charge in [-0.1, -0.05) is 19.3 Å². The van der Waals surface area contributed by atoms with Crippen molar-refractivity contribution in [2.75, 3.05) is 11.9 Å². The van der Waals surface area contributed by atoms with E-state index in [0.29, 0.717) is 11.8 Å². The van der Waals surface area contributed by atoms with E-state index < -0.39 is 0 Å². The molecule has 2 saturated carbocycles. The Balaban J connectivity index is 1.86. The van der Waals surface area contributed by atoms with Crippen LogP contribution in [-0.2, 0) is 0 Å². The summed E-state index contributed by atoms with van der Waals surface area (Å²) in [5.41, 5.74) is 1.28. The number of nitrogens with zero attached hydrogens (tertiary/aromatic N) is 2. The molecule has 0 saturated heterocycles. The van der Waals surface area contributed by atoms with Gasteiger partial charge in [-0.25, -0.2) is 9.97 Å². The second-order valence-corrected chi connectivity index (χ2v) is 5.68. The Hall–Kier alpha value is -1.12. The minimum absolute atomic E-state index is 0.606. The monoisotopic (exact) mass is 245 g/mol. The maximum absolute atomic E-state index is 4.85. The van der Waals surface area contributed by atoms with Crippen molar-refractivity contribution in [1.29, 1.82) is 0 Å². The van der Waals surface area contributed by atoms with E-state index in [1.807, 2.05) is 0 Å². The van der Waals surface area contributed by atoms with Crippen LogP contribution in [0.15, 0.2) is 6.07 Å². The van der Waals surface area contributed by atoms with Gasteiger partial charge in [-0.2, -0.15) is 0 Å². The smallest absolute Gasteiger partial charge is 0.134 e. The molecule has 0 unspecified atom stereocenters. The highest BCUT2D eigenvalue weighted by molar-refractivity contribution is 5.38. The van der Waals surface area contributed by atoms with E-state index in [-0.39, 0.29) is 0 Å². The lowest BCUT2D eigenvalue weighted by Crippen LogP contribution is -2.12. The predicted octanol–water partition coefficient (Wildman–Crippen LogP) is 3.83. The van der Waals surface area contributed by atoms with Crippen molar-refractivity contribution in [2.24, 2.45) is 0 Å². The molecular formula is C15H23N3. The summed E-state index contributed by atoms with van der Waals surface area (Å²) in [5.74, 6) is 3.47. The summed E-state index contributed by atoms with van der Waals surface area (Å²) in [6, 6.07) is 2.16. The van der Waals surface area contributed by atoms with Gasteiger partial charge in [-0.3, -0.25) is 0 Å². The molecule has 0 bridgehead atoms. The van der Waals surface area contributed by atoms with E-state index in [2.05, 4.69) is 18.3 Å². The Labute approximate surface area is 109 Å². The van der Waals surface area contributed by atoms with Crippen molar-refractivity contribution < 1.29 is 0 Å². The lowest BCUT2D eigenvalue weighted by atomic mass is 9.88.